The van der Waals surface area contributed by atoms with Gasteiger partial charge < -0.3 is 10.6 Å². The summed E-state index contributed by atoms with van der Waals surface area (Å²) in [6.45, 7) is 0.927. The van der Waals surface area contributed by atoms with Gasteiger partial charge >= 0.3 is 0 Å². The molecule has 0 aromatic carbocycles. The predicted molar refractivity (Wildman–Crippen MR) is 86.1 cm³/mol. The lowest BCUT2D eigenvalue weighted by atomic mass is 9.89. The third-order valence-electron chi connectivity index (χ3n) is 5.86. The second kappa shape index (κ2) is 7.62. The standard InChI is InChI=1S/C18H32N2O/c21-18(12-15-10-16-8-9-17(11-15)20-16)19-13-14-6-4-2-1-3-5-7-14/h14-17,20H,1-13H2,(H,19,21). The van der Waals surface area contributed by atoms with Crippen LogP contribution in [-0.4, -0.2) is 24.5 Å². The van der Waals surface area contributed by atoms with Crippen LogP contribution in [0.3, 0.4) is 0 Å². The molecule has 3 aliphatic rings. The Labute approximate surface area is 129 Å². The summed E-state index contributed by atoms with van der Waals surface area (Å²) >= 11 is 0. The van der Waals surface area contributed by atoms with Crippen LogP contribution in [0.4, 0.5) is 0 Å². The molecule has 2 aliphatic heterocycles. The molecule has 120 valence electrons. The van der Waals surface area contributed by atoms with Gasteiger partial charge in [0.2, 0.25) is 5.91 Å². The van der Waals surface area contributed by atoms with Crippen LogP contribution in [0.25, 0.3) is 0 Å². The number of carbonyl (C=O) groups is 1. The van der Waals surface area contributed by atoms with Crippen LogP contribution < -0.4 is 10.6 Å². The number of nitrogens with one attached hydrogen (secondary N) is 2. The molecule has 3 fully saturated rings. The van der Waals surface area contributed by atoms with E-state index in [9.17, 15) is 4.79 Å². The van der Waals surface area contributed by atoms with Crippen molar-refractivity contribution >= 4 is 5.91 Å². The highest BCUT2D eigenvalue weighted by molar-refractivity contribution is 5.76. The van der Waals surface area contributed by atoms with Crippen LogP contribution in [0.5, 0.6) is 0 Å². The SMILES string of the molecule is O=C(CC1CC2CCC(C1)N2)NCC1CCCCCCC1. The zero-order valence-corrected chi connectivity index (χ0v) is 13.4. The van der Waals surface area contributed by atoms with E-state index < -0.39 is 0 Å². The molecule has 0 aromatic rings. The molecule has 0 spiro atoms. The van der Waals surface area contributed by atoms with Gasteiger partial charge in [0.05, 0.1) is 0 Å². The molecule has 0 aromatic heterocycles. The van der Waals surface area contributed by atoms with Gasteiger partial charge in [0.25, 0.3) is 0 Å². The molecule has 1 aliphatic carbocycles. The molecule has 1 amide bonds. The molecular formula is C18H32N2O. The maximum Gasteiger partial charge on any atom is 0.220 e. The van der Waals surface area contributed by atoms with Gasteiger partial charge in [0.1, 0.15) is 0 Å². The molecule has 2 atom stereocenters. The first-order chi connectivity index (χ1) is 10.3. The van der Waals surface area contributed by atoms with Crippen molar-refractivity contribution in [2.45, 2.75) is 89.1 Å². The Balaban J connectivity index is 1.35. The normalized spacial score (nSPS) is 34.2. The zero-order valence-electron chi connectivity index (χ0n) is 13.4. The first-order valence-corrected chi connectivity index (χ1v) is 9.32. The van der Waals surface area contributed by atoms with Crippen LogP contribution in [0.2, 0.25) is 0 Å². The molecule has 0 radical (unpaired) electrons. The van der Waals surface area contributed by atoms with Crippen molar-refractivity contribution in [1.82, 2.24) is 10.6 Å². The van der Waals surface area contributed by atoms with Crippen molar-refractivity contribution in [3.8, 4) is 0 Å². The van der Waals surface area contributed by atoms with Gasteiger partial charge in [-0.1, -0.05) is 32.1 Å². The summed E-state index contributed by atoms with van der Waals surface area (Å²) in [5.74, 6) is 1.67. The number of rotatable bonds is 4. The van der Waals surface area contributed by atoms with E-state index in [0.717, 1.165) is 18.9 Å². The molecule has 1 saturated carbocycles. The van der Waals surface area contributed by atoms with E-state index in [1.165, 1.54) is 70.6 Å². The molecular weight excluding hydrogens is 260 g/mol. The highest BCUT2D eigenvalue weighted by Gasteiger charge is 2.34. The van der Waals surface area contributed by atoms with E-state index in [1.54, 1.807) is 0 Å². The van der Waals surface area contributed by atoms with Gasteiger partial charge in [-0.15, -0.1) is 0 Å². The second-order valence-corrected chi connectivity index (χ2v) is 7.69. The maximum atomic E-state index is 12.2. The molecule has 2 bridgehead atoms. The Morgan fingerprint density at radius 1 is 0.857 bits per heavy atom. The van der Waals surface area contributed by atoms with E-state index in [1.807, 2.05) is 0 Å². The maximum absolute atomic E-state index is 12.2. The Morgan fingerprint density at radius 3 is 2.14 bits per heavy atom. The van der Waals surface area contributed by atoms with Crippen LogP contribution in [0.15, 0.2) is 0 Å². The van der Waals surface area contributed by atoms with E-state index >= 15 is 0 Å². The number of hydrogen-bond donors (Lipinski definition) is 2. The molecule has 2 saturated heterocycles. The number of fused-ring (bicyclic) bond motifs is 2. The second-order valence-electron chi connectivity index (χ2n) is 7.69. The molecule has 3 heteroatoms. The summed E-state index contributed by atoms with van der Waals surface area (Å²) in [7, 11) is 0. The van der Waals surface area contributed by atoms with Crippen molar-refractivity contribution in [1.29, 1.82) is 0 Å². The quantitative estimate of drug-likeness (QED) is 0.834. The monoisotopic (exact) mass is 292 g/mol. The Hall–Kier alpha value is -0.570. The van der Waals surface area contributed by atoms with E-state index in [2.05, 4.69) is 10.6 Å². The van der Waals surface area contributed by atoms with E-state index in [0.29, 0.717) is 23.9 Å². The van der Waals surface area contributed by atoms with Crippen molar-refractivity contribution < 1.29 is 4.79 Å². The summed E-state index contributed by atoms with van der Waals surface area (Å²) in [6, 6.07) is 1.40. The lowest BCUT2D eigenvalue weighted by Gasteiger charge is -2.29. The predicted octanol–water partition coefficient (Wildman–Crippen LogP) is 3.38. The first-order valence-electron chi connectivity index (χ1n) is 9.32. The number of carbonyl (C=O) groups excluding carboxylic acids is 1. The topological polar surface area (TPSA) is 41.1 Å². The largest absolute Gasteiger partial charge is 0.356 e. The average Bonchev–Trinajstić information content (AvgIpc) is 2.77. The van der Waals surface area contributed by atoms with Gasteiger partial charge in [-0.3, -0.25) is 4.79 Å². The van der Waals surface area contributed by atoms with Gasteiger partial charge in [-0.25, -0.2) is 0 Å². The van der Waals surface area contributed by atoms with Gasteiger partial charge in [0, 0.05) is 25.0 Å². The van der Waals surface area contributed by atoms with Gasteiger partial charge in [-0.05, 0) is 50.4 Å². The summed E-state index contributed by atoms with van der Waals surface area (Å²) in [5.41, 5.74) is 0. The summed E-state index contributed by atoms with van der Waals surface area (Å²) in [6.07, 6.45) is 15.4. The molecule has 21 heavy (non-hydrogen) atoms. The number of amides is 1. The fraction of sp³-hybridized carbons (Fsp3) is 0.944. The first kappa shape index (κ1) is 15.3. The fourth-order valence-electron chi connectivity index (χ4n) is 4.68. The molecule has 2 unspecified atom stereocenters. The Kier molecular flexibility index (Phi) is 5.56. The Morgan fingerprint density at radius 2 is 1.48 bits per heavy atom. The van der Waals surface area contributed by atoms with E-state index in [4.69, 9.17) is 0 Å². The van der Waals surface area contributed by atoms with Crippen LogP contribution in [-0.2, 0) is 4.79 Å². The van der Waals surface area contributed by atoms with Crippen molar-refractivity contribution in [3.05, 3.63) is 0 Å². The third-order valence-corrected chi connectivity index (χ3v) is 5.86. The summed E-state index contributed by atoms with van der Waals surface area (Å²) < 4.78 is 0. The smallest absolute Gasteiger partial charge is 0.220 e. The summed E-state index contributed by atoms with van der Waals surface area (Å²) in [5, 5.41) is 6.90. The highest BCUT2D eigenvalue weighted by Crippen LogP contribution is 2.32. The lowest BCUT2D eigenvalue weighted by molar-refractivity contribution is -0.122. The lowest BCUT2D eigenvalue weighted by Crippen LogP contribution is -2.40. The van der Waals surface area contributed by atoms with E-state index in [-0.39, 0.29) is 0 Å². The number of hydrogen-bond acceptors (Lipinski definition) is 2. The highest BCUT2D eigenvalue weighted by atomic mass is 16.1. The zero-order chi connectivity index (χ0) is 14.5. The van der Waals surface area contributed by atoms with Crippen molar-refractivity contribution in [2.75, 3.05) is 6.54 Å². The minimum absolute atomic E-state index is 0.309. The Bertz CT molecular complexity index is 324. The third kappa shape index (κ3) is 4.70. The van der Waals surface area contributed by atoms with Crippen LogP contribution >= 0.6 is 0 Å². The van der Waals surface area contributed by atoms with Gasteiger partial charge in [-0.2, -0.15) is 0 Å². The van der Waals surface area contributed by atoms with Crippen molar-refractivity contribution in [2.24, 2.45) is 11.8 Å². The minimum atomic E-state index is 0.309. The molecule has 3 rings (SSSR count). The minimum Gasteiger partial charge on any atom is -0.356 e. The van der Waals surface area contributed by atoms with Crippen LogP contribution in [0.1, 0.15) is 77.0 Å². The number of piperidine rings is 1. The molecule has 2 heterocycles. The fourth-order valence-corrected chi connectivity index (χ4v) is 4.68. The van der Waals surface area contributed by atoms with Gasteiger partial charge in [0.15, 0.2) is 0 Å². The van der Waals surface area contributed by atoms with Crippen LogP contribution in [0, 0.1) is 11.8 Å². The van der Waals surface area contributed by atoms with Crippen molar-refractivity contribution in [3.63, 3.8) is 0 Å². The molecule has 3 nitrogen and oxygen atoms in total. The molecule has 2 N–H and O–H groups in total. The summed E-state index contributed by atoms with van der Waals surface area (Å²) in [4.78, 5) is 12.2. The average molecular weight is 292 g/mol.